The number of benzene rings is 1. The average molecular weight is 287 g/mol. The lowest BCUT2D eigenvalue weighted by Crippen LogP contribution is -2.43. The molecule has 1 aromatic carbocycles. The maximum atomic E-state index is 14.2. The molecule has 2 aromatic rings. The number of nitrogens with zero attached hydrogens (tertiary/aromatic N) is 2. The molecule has 0 atom stereocenters. The van der Waals surface area contributed by atoms with Gasteiger partial charge in [-0.3, -0.25) is 4.98 Å². The van der Waals surface area contributed by atoms with Gasteiger partial charge in [-0.15, -0.1) is 0 Å². The quantitative estimate of drug-likeness (QED) is 0.935. The number of pyridine rings is 1. The van der Waals surface area contributed by atoms with E-state index in [0.29, 0.717) is 18.0 Å². The fourth-order valence-corrected chi connectivity index (χ4v) is 2.39. The van der Waals surface area contributed by atoms with Gasteiger partial charge in [-0.05, 0) is 29.8 Å². The van der Waals surface area contributed by atoms with Gasteiger partial charge in [0.1, 0.15) is 18.2 Å². The number of hydrogen-bond donors (Lipinski definition) is 1. The number of anilines is 1. The molecule has 0 radical (unpaired) electrons. The molecule has 0 aliphatic carbocycles. The van der Waals surface area contributed by atoms with Gasteiger partial charge in [-0.2, -0.15) is 0 Å². The van der Waals surface area contributed by atoms with Crippen LogP contribution in [0.4, 0.5) is 10.1 Å². The molecule has 1 aliphatic rings. The van der Waals surface area contributed by atoms with Crippen molar-refractivity contribution < 1.29 is 9.13 Å². The van der Waals surface area contributed by atoms with Gasteiger partial charge < -0.3 is 15.0 Å². The zero-order chi connectivity index (χ0) is 14.5. The number of rotatable bonds is 4. The second kappa shape index (κ2) is 6.54. The highest BCUT2D eigenvalue weighted by Gasteiger charge is 2.14. The third-order valence-corrected chi connectivity index (χ3v) is 3.53. The Morgan fingerprint density at radius 2 is 1.90 bits per heavy atom. The summed E-state index contributed by atoms with van der Waals surface area (Å²) < 4.78 is 19.8. The minimum absolute atomic E-state index is 0.232. The minimum Gasteiger partial charge on any atom is -0.489 e. The van der Waals surface area contributed by atoms with E-state index < -0.39 is 0 Å². The standard InChI is InChI=1S/C16H18FN3O/c17-15-11-14(21-12-13-3-5-18-6-4-13)1-2-16(15)20-9-7-19-8-10-20/h1-6,11,19H,7-10,12H2. The van der Waals surface area contributed by atoms with Gasteiger partial charge >= 0.3 is 0 Å². The molecule has 110 valence electrons. The summed E-state index contributed by atoms with van der Waals surface area (Å²) in [4.78, 5) is 6.01. The SMILES string of the molecule is Fc1cc(OCc2ccncc2)ccc1N1CCNCC1. The molecule has 0 bridgehead atoms. The molecular formula is C16H18FN3O. The van der Waals surface area contributed by atoms with Crippen molar-refractivity contribution in [2.75, 3.05) is 31.1 Å². The monoisotopic (exact) mass is 287 g/mol. The molecule has 1 saturated heterocycles. The first kappa shape index (κ1) is 13.8. The molecule has 21 heavy (non-hydrogen) atoms. The molecule has 1 fully saturated rings. The van der Waals surface area contributed by atoms with Gasteiger partial charge in [0.25, 0.3) is 0 Å². The normalized spacial score (nSPS) is 15.0. The summed E-state index contributed by atoms with van der Waals surface area (Å²) in [7, 11) is 0. The highest BCUT2D eigenvalue weighted by atomic mass is 19.1. The van der Waals surface area contributed by atoms with Crippen LogP contribution in [0, 0.1) is 5.82 Å². The van der Waals surface area contributed by atoms with E-state index in [1.54, 1.807) is 18.5 Å². The van der Waals surface area contributed by atoms with Gasteiger partial charge in [0, 0.05) is 44.6 Å². The lowest BCUT2D eigenvalue weighted by molar-refractivity contribution is 0.304. The largest absolute Gasteiger partial charge is 0.489 e. The maximum absolute atomic E-state index is 14.2. The number of halogens is 1. The minimum atomic E-state index is -0.232. The Morgan fingerprint density at radius 1 is 1.14 bits per heavy atom. The van der Waals surface area contributed by atoms with Crippen LogP contribution >= 0.6 is 0 Å². The topological polar surface area (TPSA) is 37.4 Å². The summed E-state index contributed by atoms with van der Waals surface area (Å²) >= 11 is 0. The van der Waals surface area contributed by atoms with E-state index in [-0.39, 0.29) is 5.82 Å². The van der Waals surface area contributed by atoms with Gasteiger partial charge in [-0.1, -0.05) is 0 Å². The number of ether oxygens (including phenoxy) is 1. The Labute approximate surface area is 123 Å². The van der Waals surface area contributed by atoms with Crippen molar-refractivity contribution in [1.82, 2.24) is 10.3 Å². The summed E-state index contributed by atoms with van der Waals surface area (Å²) in [6, 6.07) is 8.83. The maximum Gasteiger partial charge on any atom is 0.150 e. The molecule has 1 aromatic heterocycles. The molecule has 3 rings (SSSR count). The van der Waals surface area contributed by atoms with Crippen LogP contribution in [-0.4, -0.2) is 31.2 Å². The fourth-order valence-electron chi connectivity index (χ4n) is 2.39. The van der Waals surface area contributed by atoms with Crippen LogP contribution in [0.1, 0.15) is 5.56 Å². The Morgan fingerprint density at radius 3 is 2.62 bits per heavy atom. The lowest BCUT2D eigenvalue weighted by Gasteiger charge is -2.29. The molecule has 1 aliphatic heterocycles. The van der Waals surface area contributed by atoms with Crippen molar-refractivity contribution in [2.45, 2.75) is 6.61 Å². The van der Waals surface area contributed by atoms with E-state index in [1.807, 2.05) is 18.2 Å². The second-order valence-corrected chi connectivity index (χ2v) is 4.99. The molecule has 2 heterocycles. The fraction of sp³-hybridized carbons (Fsp3) is 0.312. The van der Waals surface area contributed by atoms with E-state index >= 15 is 0 Å². The van der Waals surface area contributed by atoms with E-state index in [0.717, 1.165) is 31.7 Å². The predicted molar refractivity (Wildman–Crippen MR) is 80.1 cm³/mol. The second-order valence-electron chi connectivity index (χ2n) is 4.99. The summed E-state index contributed by atoms with van der Waals surface area (Å²) in [5.74, 6) is 0.312. The number of nitrogens with one attached hydrogen (secondary N) is 1. The zero-order valence-corrected chi connectivity index (χ0v) is 11.8. The van der Waals surface area contributed by atoms with Crippen LogP contribution in [0.2, 0.25) is 0 Å². The number of hydrogen-bond acceptors (Lipinski definition) is 4. The van der Waals surface area contributed by atoms with Gasteiger partial charge in [0.05, 0.1) is 5.69 Å². The molecule has 0 unspecified atom stereocenters. The first-order chi connectivity index (χ1) is 10.3. The molecule has 1 N–H and O–H groups in total. The van der Waals surface area contributed by atoms with Crippen molar-refractivity contribution in [3.8, 4) is 5.75 Å². The molecule has 0 saturated carbocycles. The Bertz CT molecular complexity index is 585. The molecule has 4 nitrogen and oxygen atoms in total. The third kappa shape index (κ3) is 3.49. The van der Waals surface area contributed by atoms with E-state index in [9.17, 15) is 4.39 Å². The Balaban J connectivity index is 1.66. The van der Waals surface area contributed by atoms with Gasteiger partial charge in [-0.25, -0.2) is 4.39 Å². The van der Waals surface area contributed by atoms with Crippen LogP contribution in [0.15, 0.2) is 42.7 Å². The summed E-state index contributed by atoms with van der Waals surface area (Å²) in [6.45, 7) is 3.84. The first-order valence-electron chi connectivity index (χ1n) is 7.10. The number of piperazine rings is 1. The zero-order valence-electron chi connectivity index (χ0n) is 11.8. The summed E-state index contributed by atoms with van der Waals surface area (Å²) in [5, 5.41) is 3.26. The molecule has 0 spiro atoms. The average Bonchev–Trinajstić information content (AvgIpc) is 2.55. The highest BCUT2D eigenvalue weighted by molar-refractivity contribution is 5.51. The van der Waals surface area contributed by atoms with Crippen LogP contribution in [0.3, 0.4) is 0 Å². The van der Waals surface area contributed by atoms with E-state index in [4.69, 9.17) is 4.74 Å². The molecule has 0 amide bonds. The van der Waals surface area contributed by atoms with Crippen molar-refractivity contribution in [3.63, 3.8) is 0 Å². The van der Waals surface area contributed by atoms with Crippen LogP contribution in [0.5, 0.6) is 5.75 Å². The van der Waals surface area contributed by atoms with Gasteiger partial charge in [0.2, 0.25) is 0 Å². The molecular weight excluding hydrogens is 269 g/mol. The first-order valence-corrected chi connectivity index (χ1v) is 7.10. The smallest absolute Gasteiger partial charge is 0.150 e. The number of aromatic nitrogens is 1. The summed E-state index contributed by atoms with van der Waals surface area (Å²) in [6.07, 6.45) is 3.43. The van der Waals surface area contributed by atoms with Crippen molar-refractivity contribution in [2.24, 2.45) is 0 Å². The van der Waals surface area contributed by atoms with Gasteiger partial charge in [0.15, 0.2) is 0 Å². The van der Waals surface area contributed by atoms with Crippen molar-refractivity contribution in [3.05, 3.63) is 54.1 Å². The van der Waals surface area contributed by atoms with Crippen molar-refractivity contribution in [1.29, 1.82) is 0 Å². The molecule has 5 heteroatoms. The predicted octanol–water partition coefficient (Wildman–Crippen LogP) is 2.21. The van der Waals surface area contributed by atoms with E-state index in [2.05, 4.69) is 15.2 Å². The third-order valence-electron chi connectivity index (χ3n) is 3.53. The van der Waals surface area contributed by atoms with Crippen molar-refractivity contribution >= 4 is 5.69 Å². The van der Waals surface area contributed by atoms with Crippen LogP contribution in [-0.2, 0) is 6.61 Å². The van der Waals surface area contributed by atoms with Crippen LogP contribution < -0.4 is 15.0 Å². The lowest BCUT2D eigenvalue weighted by atomic mass is 10.2. The highest BCUT2D eigenvalue weighted by Crippen LogP contribution is 2.25. The van der Waals surface area contributed by atoms with Crippen LogP contribution in [0.25, 0.3) is 0 Å². The summed E-state index contributed by atoms with van der Waals surface area (Å²) in [5.41, 5.74) is 1.66. The Hall–Kier alpha value is -2.14. The Kier molecular flexibility index (Phi) is 4.31. The van der Waals surface area contributed by atoms with E-state index in [1.165, 1.54) is 6.07 Å².